The number of hydrogen-bond acceptors (Lipinski definition) is 4. The lowest BCUT2D eigenvalue weighted by Gasteiger charge is -2.29. The predicted octanol–water partition coefficient (Wildman–Crippen LogP) is 2.51. The number of hydrogen-bond donors (Lipinski definition) is 2. The number of nitrogens with one attached hydrogen (secondary N) is 2. The molecule has 2 heterocycles. The molecular formula is C19H29N5. The molecule has 0 spiro atoms. The minimum Gasteiger partial charge on any atom is -0.335 e. The van der Waals surface area contributed by atoms with Crippen LogP contribution in [0.3, 0.4) is 0 Å². The normalized spacial score (nSPS) is 22.2. The third kappa shape index (κ3) is 4.04. The minimum absolute atomic E-state index is 0.403. The number of likely N-dealkylation sites (N-methyl/N-ethyl adjacent to an activating group) is 1. The predicted molar refractivity (Wildman–Crippen MR) is 97.5 cm³/mol. The van der Waals surface area contributed by atoms with Crippen molar-refractivity contribution in [1.82, 2.24) is 25.3 Å². The van der Waals surface area contributed by atoms with Crippen LogP contribution in [0.4, 0.5) is 0 Å². The van der Waals surface area contributed by atoms with Gasteiger partial charge >= 0.3 is 0 Å². The van der Waals surface area contributed by atoms with Crippen molar-refractivity contribution in [3.63, 3.8) is 0 Å². The molecular weight excluding hydrogens is 298 g/mol. The molecule has 1 fully saturated rings. The van der Waals surface area contributed by atoms with Gasteiger partial charge in [-0.15, -0.1) is 0 Å². The molecule has 130 valence electrons. The van der Waals surface area contributed by atoms with Gasteiger partial charge in [0.15, 0.2) is 0 Å². The Bertz CT molecular complexity index is 624. The Balaban J connectivity index is 1.46. The van der Waals surface area contributed by atoms with Crippen LogP contribution in [0.5, 0.6) is 0 Å². The Morgan fingerprint density at radius 3 is 2.79 bits per heavy atom. The molecule has 1 aliphatic rings. The van der Waals surface area contributed by atoms with E-state index < -0.39 is 0 Å². The molecule has 0 radical (unpaired) electrons. The van der Waals surface area contributed by atoms with Crippen LogP contribution in [-0.4, -0.2) is 40.1 Å². The summed E-state index contributed by atoms with van der Waals surface area (Å²) in [5.74, 6) is 1.10. The Hall–Kier alpha value is -1.69. The van der Waals surface area contributed by atoms with Crippen LogP contribution < -0.4 is 10.9 Å². The summed E-state index contributed by atoms with van der Waals surface area (Å²) in [6.07, 6.45) is 6.20. The summed E-state index contributed by atoms with van der Waals surface area (Å²) in [7, 11) is 2.23. The molecule has 3 unspecified atom stereocenters. The highest BCUT2D eigenvalue weighted by molar-refractivity contribution is 5.20. The first kappa shape index (κ1) is 17.1. The maximum atomic E-state index is 4.28. The largest absolute Gasteiger partial charge is 0.335 e. The second-order valence-electron chi connectivity index (χ2n) is 6.84. The van der Waals surface area contributed by atoms with Gasteiger partial charge in [-0.25, -0.2) is 10.4 Å². The maximum absolute atomic E-state index is 4.28. The van der Waals surface area contributed by atoms with Crippen molar-refractivity contribution in [2.75, 3.05) is 13.6 Å². The SMILES string of the molecule is Cc1nccn1CCCN(C)C(C)C1CC(c2ccccc2)NN1. The molecule has 5 heteroatoms. The second-order valence-corrected chi connectivity index (χ2v) is 6.84. The molecule has 2 aromatic rings. The molecule has 1 aromatic carbocycles. The summed E-state index contributed by atoms with van der Waals surface area (Å²) in [5, 5.41) is 0. The van der Waals surface area contributed by atoms with Gasteiger partial charge in [0.25, 0.3) is 0 Å². The molecule has 5 nitrogen and oxygen atoms in total. The fourth-order valence-electron chi connectivity index (χ4n) is 3.44. The van der Waals surface area contributed by atoms with Gasteiger partial charge in [-0.3, -0.25) is 5.43 Å². The van der Waals surface area contributed by atoms with Crippen molar-refractivity contribution in [3.05, 3.63) is 54.1 Å². The number of rotatable bonds is 7. The van der Waals surface area contributed by atoms with Crippen molar-refractivity contribution < 1.29 is 0 Å². The summed E-state index contributed by atoms with van der Waals surface area (Å²) in [4.78, 5) is 6.74. The molecule has 1 saturated heterocycles. The van der Waals surface area contributed by atoms with E-state index in [1.165, 1.54) is 5.56 Å². The molecule has 3 atom stereocenters. The average Bonchev–Trinajstić information content (AvgIpc) is 3.24. The van der Waals surface area contributed by atoms with Gasteiger partial charge in [0.2, 0.25) is 0 Å². The van der Waals surface area contributed by atoms with E-state index in [-0.39, 0.29) is 0 Å². The van der Waals surface area contributed by atoms with E-state index in [1.54, 1.807) is 0 Å². The van der Waals surface area contributed by atoms with Gasteiger partial charge < -0.3 is 9.47 Å². The van der Waals surface area contributed by atoms with Crippen LogP contribution in [0.1, 0.15) is 37.2 Å². The molecule has 0 amide bonds. The highest BCUT2D eigenvalue weighted by Crippen LogP contribution is 2.24. The lowest BCUT2D eigenvalue weighted by molar-refractivity contribution is 0.207. The summed E-state index contributed by atoms with van der Waals surface area (Å²) in [5.41, 5.74) is 8.31. The highest BCUT2D eigenvalue weighted by Gasteiger charge is 2.30. The minimum atomic E-state index is 0.403. The van der Waals surface area contributed by atoms with Crippen molar-refractivity contribution in [1.29, 1.82) is 0 Å². The van der Waals surface area contributed by atoms with E-state index in [1.807, 2.05) is 6.20 Å². The van der Waals surface area contributed by atoms with Gasteiger partial charge in [0.1, 0.15) is 5.82 Å². The summed E-state index contributed by atoms with van der Waals surface area (Å²) >= 11 is 0. The number of benzene rings is 1. The zero-order chi connectivity index (χ0) is 16.9. The van der Waals surface area contributed by atoms with Gasteiger partial charge in [0, 0.05) is 37.1 Å². The Morgan fingerprint density at radius 1 is 1.29 bits per heavy atom. The van der Waals surface area contributed by atoms with E-state index >= 15 is 0 Å². The van der Waals surface area contributed by atoms with Crippen molar-refractivity contribution in [2.24, 2.45) is 0 Å². The summed E-state index contributed by atoms with van der Waals surface area (Å²) < 4.78 is 2.22. The number of aromatic nitrogens is 2. The molecule has 1 aliphatic heterocycles. The van der Waals surface area contributed by atoms with Crippen molar-refractivity contribution in [2.45, 2.75) is 51.4 Å². The lowest BCUT2D eigenvalue weighted by atomic mass is 9.98. The van der Waals surface area contributed by atoms with Crippen LogP contribution in [0.2, 0.25) is 0 Å². The van der Waals surface area contributed by atoms with Gasteiger partial charge in [0.05, 0.1) is 0 Å². The van der Waals surface area contributed by atoms with Crippen molar-refractivity contribution in [3.8, 4) is 0 Å². The fraction of sp³-hybridized carbons (Fsp3) is 0.526. The topological polar surface area (TPSA) is 45.1 Å². The van der Waals surface area contributed by atoms with E-state index in [4.69, 9.17) is 0 Å². The smallest absolute Gasteiger partial charge is 0.105 e. The number of nitrogens with zero attached hydrogens (tertiary/aromatic N) is 3. The molecule has 0 aliphatic carbocycles. The molecule has 2 N–H and O–H groups in total. The monoisotopic (exact) mass is 327 g/mol. The molecule has 24 heavy (non-hydrogen) atoms. The summed E-state index contributed by atoms with van der Waals surface area (Å²) in [6.45, 7) is 6.50. The van der Waals surface area contributed by atoms with E-state index in [9.17, 15) is 0 Å². The third-order valence-electron chi connectivity index (χ3n) is 5.25. The first-order valence-electron chi connectivity index (χ1n) is 8.89. The van der Waals surface area contributed by atoms with Gasteiger partial charge in [-0.1, -0.05) is 30.3 Å². The van der Waals surface area contributed by atoms with Gasteiger partial charge in [-0.05, 0) is 45.8 Å². The average molecular weight is 327 g/mol. The van der Waals surface area contributed by atoms with Crippen molar-refractivity contribution >= 4 is 0 Å². The van der Waals surface area contributed by atoms with E-state index in [0.29, 0.717) is 18.1 Å². The number of aryl methyl sites for hydroxylation is 2. The third-order valence-corrected chi connectivity index (χ3v) is 5.25. The van der Waals surface area contributed by atoms with Crippen LogP contribution in [-0.2, 0) is 6.54 Å². The standard InChI is InChI=1S/C19H29N5/c1-15(23(3)11-7-12-24-13-10-20-16(24)2)18-14-19(22-21-18)17-8-5-4-6-9-17/h4-6,8-10,13,15,18-19,21-22H,7,11-12,14H2,1-3H3. The number of hydrazine groups is 1. The maximum Gasteiger partial charge on any atom is 0.105 e. The quantitative estimate of drug-likeness (QED) is 0.820. The molecule has 1 aromatic heterocycles. The summed E-state index contributed by atoms with van der Waals surface area (Å²) in [6, 6.07) is 12.1. The molecule has 0 bridgehead atoms. The zero-order valence-corrected chi connectivity index (χ0v) is 14.9. The van der Waals surface area contributed by atoms with E-state index in [0.717, 1.165) is 31.8 Å². The van der Waals surface area contributed by atoms with Crippen LogP contribution in [0.25, 0.3) is 0 Å². The lowest BCUT2D eigenvalue weighted by Crippen LogP contribution is -2.46. The second kappa shape index (κ2) is 7.92. The van der Waals surface area contributed by atoms with Gasteiger partial charge in [-0.2, -0.15) is 0 Å². The van der Waals surface area contributed by atoms with Crippen LogP contribution >= 0.6 is 0 Å². The molecule has 0 saturated carbocycles. The first-order valence-corrected chi connectivity index (χ1v) is 8.89. The van der Waals surface area contributed by atoms with E-state index in [2.05, 4.69) is 82.7 Å². The Labute approximate surface area is 145 Å². The molecule has 3 rings (SSSR count). The van der Waals surface area contributed by atoms with Crippen LogP contribution in [0.15, 0.2) is 42.7 Å². The first-order chi connectivity index (χ1) is 11.6. The Morgan fingerprint density at radius 2 is 2.08 bits per heavy atom. The number of imidazole rings is 1. The van der Waals surface area contributed by atoms with Crippen LogP contribution in [0, 0.1) is 6.92 Å². The Kier molecular flexibility index (Phi) is 5.66. The zero-order valence-electron chi connectivity index (χ0n) is 14.9. The fourth-order valence-corrected chi connectivity index (χ4v) is 3.44. The highest BCUT2D eigenvalue weighted by atomic mass is 15.4.